The molecule has 8 nitrogen and oxygen atoms in total. The van der Waals surface area contributed by atoms with Crippen LogP contribution < -0.4 is 10.9 Å². The molecule has 4 heterocycles. The second kappa shape index (κ2) is 7.61. The fourth-order valence-corrected chi connectivity index (χ4v) is 5.71. The van der Waals surface area contributed by atoms with Crippen molar-refractivity contribution in [3.05, 3.63) is 33.7 Å². The van der Waals surface area contributed by atoms with Crippen molar-refractivity contribution >= 4 is 15.9 Å². The monoisotopic (exact) mass is 408 g/mol. The highest BCUT2D eigenvalue weighted by molar-refractivity contribution is 7.88. The summed E-state index contributed by atoms with van der Waals surface area (Å²) in [4.78, 5) is 27.8. The number of fused-ring (bicyclic) bond motifs is 4. The van der Waals surface area contributed by atoms with Crippen molar-refractivity contribution in [1.29, 1.82) is 0 Å². The highest BCUT2D eigenvalue weighted by atomic mass is 32.2. The third kappa shape index (κ3) is 3.88. The number of sulfonamides is 1. The van der Waals surface area contributed by atoms with Crippen LogP contribution >= 0.6 is 0 Å². The molecule has 2 fully saturated rings. The van der Waals surface area contributed by atoms with E-state index in [0.29, 0.717) is 26.2 Å². The van der Waals surface area contributed by atoms with Gasteiger partial charge in [-0.3, -0.25) is 9.59 Å². The van der Waals surface area contributed by atoms with Crippen molar-refractivity contribution in [2.75, 3.05) is 45.5 Å². The molecule has 2 atom stereocenters. The van der Waals surface area contributed by atoms with Gasteiger partial charge in [0.2, 0.25) is 10.0 Å². The van der Waals surface area contributed by atoms with Gasteiger partial charge in [0.05, 0.1) is 6.26 Å². The molecule has 154 valence electrons. The Morgan fingerprint density at radius 2 is 1.93 bits per heavy atom. The van der Waals surface area contributed by atoms with E-state index < -0.39 is 10.0 Å². The second-order valence-electron chi connectivity index (χ2n) is 8.27. The molecule has 0 aliphatic carbocycles. The Hall–Kier alpha value is -1.71. The minimum atomic E-state index is -3.24. The number of likely N-dealkylation sites (tertiary alicyclic amines) is 1. The van der Waals surface area contributed by atoms with Crippen LogP contribution in [0.25, 0.3) is 0 Å². The lowest BCUT2D eigenvalue weighted by molar-refractivity contribution is 0.0946. The third-order valence-corrected chi connectivity index (χ3v) is 7.43. The molecule has 3 aliphatic heterocycles. The molecule has 28 heavy (non-hydrogen) atoms. The summed E-state index contributed by atoms with van der Waals surface area (Å²) in [6.07, 6.45) is 4.53. The molecular formula is C19H28N4O4S. The Labute approximate surface area is 165 Å². The molecule has 0 radical (unpaired) electrons. The largest absolute Gasteiger partial charge is 0.351 e. The van der Waals surface area contributed by atoms with Gasteiger partial charge >= 0.3 is 0 Å². The minimum absolute atomic E-state index is 0.00204. The highest BCUT2D eigenvalue weighted by Gasteiger charge is 2.38. The Balaban J connectivity index is 1.49. The second-order valence-corrected chi connectivity index (χ2v) is 10.3. The van der Waals surface area contributed by atoms with Crippen molar-refractivity contribution in [2.45, 2.75) is 31.7 Å². The zero-order chi connectivity index (χ0) is 19.9. The molecule has 2 saturated heterocycles. The molecule has 1 N–H and O–H groups in total. The molecule has 0 aromatic carbocycles. The van der Waals surface area contributed by atoms with Crippen LogP contribution in [0.2, 0.25) is 0 Å². The van der Waals surface area contributed by atoms with E-state index in [2.05, 4.69) is 10.2 Å². The van der Waals surface area contributed by atoms with Gasteiger partial charge in [-0.05, 0) is 50.4 Å². The van der Waals surface area contributed by atoms with Crippen molar-refractivity contribution in [2.24, 2.45) is 5.92 Å². The van der Waals surface area contributed by atoms with E-state index in [4.69, 9.17) is 0 Å². The van der Waals surface area contributed by atoms with Crippen LogP contribution in [0.4, 0.5) is 0 Å². The predicted octanol–water partition coefficient (Wildman–Crippen LogP) is 0.0526. The minimum Gasteiger partial charge on any atom is -0.351 e. The van der Waals surface area contributed by atoms with Gasteiger partial charge in [-0.1, -0.05) is 0 Å². The molecule has 9 heteroatoms. The first kappa shape index (κ1) is 19.6. The normalized spacial score (nSPS) is 25.5. The first-order valence-electron chi connectivity index (χ1n) is 10.0. The standard InChI is InChI=1S/C19H28N4O4S/c1-28(26,27)22-11-14-10-15(13-22)17-5-4-16(19(25)23(17)12-14)18(24)20-6-9-21-7-2-3-8-21/h4-5,14-15H,2-3,6-13H2,1H3,(H,20,24)/t14-,15+/m0/s1. The summed E-state index contributed by atoms with van der Waals surface area (Å²) in [7, 11) is -3.24. The van der Waals surface area contributed by atoms with E-state index in [-0.39, 0.29) is 28.9 Å². The zero-order valence-corrected chi connectivity index (χ0v) is 17.1. The number of aromatic nitrogens is 1. The number of nitrogens with zero attached hydrogens (tertiary/aromatic N) is 3. The van der Waals surface area contributed by atoms with Crippen molar-refractivity contribution in [3.63, 3.8) is 0 Å². The van der Waals surface area contributed by atoms with Gasteiger partial charge in [-0.25, -0.2) is 12.7 Å². The van der Waals surface area contributed by atoms with Crippen LogP contribution in [0.3, 0.4) is 0 Å². The Morgan fingerprint density at radius 3 is 2.64 bits per heavy atom. The van der Waals surface area contributed by atoms with E-state index in [1.54, 1.807) is 10.6 Å². The summed E-state index contributed by atoms with van der Waals surface area (Å²) >= 11 is 0. The quantitative estimate of drug-likeness (QED) is 0.744. The number of amides is 1. The molecule has 1 aromatic heterocycles. The van der Waals surface area contributed by atoms with E-state index >= 15 is 0 Å². The lowest BCUT2D eigenvalue weighted by Gasteiger charge is -2.41. The van der Waals surface area contributed by atoms with Gasteiger partial charge in [0.1, 0.15) is 5.56 Å². The average molecular weight is 409 g/mol. The smallest absolute Gasteiger partial charge is 0.263 e. The summed E-state index contributed by atoms with van der Waals surface area (Å²) in [5, 5.41) is 2.87. The molecule has 0 saturated carbocycles. The Morgan fingerprint density at radius 1 is 1.18 bits per heavy atom. The van der Waals surface area contributed by atoms with Crippen LogP contribution in [-0.2, 0) is 16.6 Å². The average Bonchev–Trinajstić information content (AvgIpc) is 3.15. The molecule has 0 unspecified atom stereocenters. The molecule has 0 spiro atoms. The van der Waals surface area contributed by atoms with Crippen LogP contribution in [0, 0.1) is 5.92 Å². The summed E-state index contributed by atoms with van der Waals surface area (Å²) in [5.41, 5.74) is 0.743. The van der Waals surface area contributed by atoms with Gasteiger partial charge in [0.15, 0.2) is 0 Å². The van der Waals surface area contributed by atoms with Crippen molar-refractivity contribution < 1.29 is 13.2 Å². The van der Waals surface area contributed by atoms with Crippen LogP contribution in [0.1, 0.15) is 41.2 Å². The topological polar surface area (TPSA) is 91.7 Å². The van der Waals surface area contributed by atoms with E-state index in [1.165, 1.54) is 23.4 Å². The third-order valence-electron chi connectivity index (χ3n) is 6.20. The summed E-state index contributed by atoms with van der Waals surface area (Å²) < 4.78 is 27.1. The van der Waals surface area contributed by atoms with E-state index in [0.717, 1.165) is 31.7 Å². The Kier molecular flexibility index (Phi) is 5.32. The molecule has 4 rings (SSSR count). The van der Waals surface area contributed by atoms with Gasteiger partial charge in [0, 0.05) is 44.3 Å². The maximum atomic E-state index is 12.9. The molecule has 1 amide bonds. The molecule has 1 aromatic rings. The van der Waals surface area contributed by atoms with Gasteiger partial charge in [0.25, 0.3) is 11.5 Å². The Bertz CT molecular complexity index is 920. The number of hydrogen-bond donors (Lipinski definition) is 1. The summed E-state index contributed by atoms with van der Waals surface area (Å²) in [6.45, 7) is 4.79. The first-order chi connectivity index (χ1) is 13.3. The molecular weight excluding hydrogens is 380 g/mol. The van der Waals surface area contributed by atoms with Crippen molar-refractivity contribution in [3.8, 4) is 0 Å². The van der Waals surface area contributed by atoms with Crippen LogP contribution in [0.5, 0.6) is 0 Å². The predicted molar refractivity (Wildman–Crippen MR) is 106 cm³/mol. The summed E-state index contributed by atoms with van der Waals surface area (Å²) in [6, 6.07) is 3.42. The maximum Gasteiger partial charge on any atom is 0.263 e. The van der Waals surface area contributed by atoms with Gasteiger partial charge < -0.3 is 14.8 Å². The first-order valence-corrected chi connectivity index (χ1v) is 11.9. The number of nitrogens with one attached hydrogen (secondary N) is 1. The van der Waals surface area contributed by atoms with E-state index in [1.807, 2.05) is 6.07 Å². The SMILES string of the molecule is CS(=O)(=O)N1C[C@@H]2C[C@H](C1)c1ccc(C(=O)NCCN3CCCC3)c(=O)n1C2. The highest BCUT2D eigenvalue weighted by Crippen LogP contribution is 2.35. The molecule has 3 aliphatic rings. The zero-order valence-electron chi connectivity index (χ0n) is 16.3. The number of rotatable bonds is 5. The van der Waals surface area contributed by atoms with E-state index in [9.17, 15) is 18.0 Å². The molecule has 2 bridgehead atoms. The van der Waals surface area contributed by atoms with Crippen molar-refractivity contribution in [1.82, 2.24) is 19.1 Å². The number of carbonyl (C=O) groups excluding carboxylic acids is 1. The number of carbonyl (C=O) groups is 1. The lowest BCUT2D eigenvalue weighted by Crippen LogP contribution is -2.49. The fraction of sp³-hybridized carbons (Fsp3) is 0.684. The number of hydrogen-bond acceptors (Lipinski definition) is 5. The van der Waals surface area contributed by atoms with Gasteiger partial charge in [-0.2, -0.15) is 0 Å². The van der Waals surface area contributed by atoms with Gasteiger partial charge in [-0.15, -0.1) is 0 Å². The maximum absolute atomic E-state index is 12.9. The summed E-state index contributed by atoms with van der Waals surface area (Å²) in [5.74, 6) is -0.220. The van der Waals surface area contributed by atoms with Crippen LogP contribution in [0.15, 0.2) is 16.9 Å². The van der Waals surface area contributed by atoms with Crippen LogP contribution in [-0.4, -0.2) is 73.6 Å². The lowest BCUT2D eigenvalue weighted by atomic mass is 9.84. The number of piperidine rings is 1. The number of pyridine rings is 1. The fourth-order valence-electron chi connectivity index (χ4n) is 4.77.